The Labute approximate surface area is 194 Å². The van der Waals surface area contributed by atoms with E-state index >= 15 is 4.39 Å². The van der Waals surface area contributed by atoms with Crippen molar-refractivity contribution < 1.29 is 18.7 Å². The number of nitrogens with one attached hydrogen (secondary N) is 1. The van der Waals surface area contributed by atoms with E-state index in [1.54, 1.807) is 17.2 Å². The van der Waals surface area contributed by atoms with Crippen LogP contribution in [0.2, 0.25) is 5.02 Å². The largest absolute Gasteiger partial charge is 0.495 e. The number of aromatic nitrogens is 3. The quantitative estimate of drug-likeness (QED) is 0.444. The fourth-order valence-electron chi connectivity index (χ4n) is 4.16. The van der Waals surface area contributed by atoms with Crippen molar-refractivity contribution in [2.24, 2.45) is 0 Å². The number of aromatic amines is 1. The molecule has 33 heavy (non-hydrogen) atoms. The monoisotopic (exact) mass is 466 g/mol. The molecule has 0 radical (unpaired) electrons. The van der Waals surface area contributed by atoms with Gasteiger partial charge in [-0.15, -0.1) is 0 Å². The molecule has 0 atom stereocenters. The minimum atomic E-state index is -0.626. The van der Waals surface area contributed by atoms with Crippen LogP contribution in [0.1, 0.15) is 22.8 Å². The summed E-state index contributed by atoms with van der Waals surface area (Å²) in [5.41, 5.74) is 4.32. The molecule has 0 saturated carbocycles. The number of H-pyrrole nitrogens is 1. The third-order valence-corrected chi connectivity index (χ3v) is 6.29. The number of pyridine rings is 1. The second kappa shape index (κ2) is 8.04. The second-order valence-corrected chi connectivity index (χ2v) is 8.04. The van der Waals surface area contributed by atoms with Gasteiger partial charge in [0.15, 0.2) is 11.6 Å². The Bertz CT molecular complexity index is 1390. The van der Waals surface area contributed by atoms with Crippen molar-refractivity contribution in [2.45, 2.75) is 13.5 Å². The van der Waals surface area contributed by atoms with Gasteiger partial charge in [0, 0.05) is 41.9 Å². The van der Waals surface area contributed by atoms with E-state index in [1.807, 2.05) is 25.1 Å². The van der Waals surface area contributed by atoms with Crippen molar-refractivity contribution in [3.05, 3.63) is 58.5 Å². The standard InChI is InChI=1S/C24H20ClFN4O3/c1-4-30-11-13-7-12(5-6-14(13)24(30)31)23-15-10-27-17(8-16(15)28-29-23)20-21(25)18(32-2)9-19(33-3)22(20)26/h5-10H,4,11H2,1-3H3,(H,28,29). The molecule has 1 aliphatic heterocycles. The molecule has 9 heteroatoms. The Balaban J connectivity index is 1.59. The van der Waals surface area contributed by atoms with E-state index in [4.69, 9.17) is 21.1 Å². The van der Waals surface area contributed by atoms with Gasteiger partial charge >= 0.3 is 0 Å². The molecule has 1 N–H and O–H groups in total. The predicted octanol–water partition coefficient (Wildman–Crippen LogP) is 5.08. The highest BCUT2D eigenvalue weighted by molar-refractivity contribution is 6.35. The summed E-state index contributed by atoms with van der Waals surface area (Å²) < 4.78 is 25.4. The van der Waals surface area contributed by atoms with E-state index in [0.29, 0.717) is 30.0 Å². The number of carbonyl (C=O) groups is 1. The van der Waals surface area contributed by atoms with Crippen LogP contribution in [0.4, 0.5) is 4.39 Å². The van der Waals surface area contributed by atoms with Gasteiger partial charge in [-0.25, -0.2) is 4.39 Å². The van der Waals surface area contributed by atoms with Crippen molar-refractivity contribution in [3.8, 4) is 34.0 Å². The second-order valence-electron chi connectivity index (χ2n) is 7.66. The first-order chi connectivity index (χ1) is 16.0. The van der Waals surface area contributed by atoms with Crippen LogP contribution in [-0.2, 0) is 6.54 Å². The van der Waals surface area contributed by atoms with Crippen molar-refractivity contribution >= 4 is 28.4 Å². The lowest BCUT2D eigenvalue weighted by atomic mass is 10.0. The summed E-state index contributed by atoms with van der Waals surface area (Å²) in [5.74, 6) is -0.290. The summed E-state index contributed by atoms with van der Waals surface area (Å²) in [7, 11) is 2.82. The van der Waals surface area contributed by atoms with Crippen LogP contribution in [0.25, 0.3) is 33.4 Å². The number of hydrogen-bond acceptors (Lipinski definition) is 5. The maximum absolute atomic E-state index is 15.1. The summed E-state index contributed by atoms with van der Waals surface area (Å²) >= 11 is 6.40. The molecular formula is C24H20ClFN4O3. The fourth-order valence-corrected chi connectivity index (χ4v) is 4.48. The summed E-state index contributed by atoms with van der Waals surface area (Å²) in [5, 5.41) is 8.32. The van der Waals surface area contributed by atoms with Crippen LogP contribution in [-0.4, -0.2) is 46.8 Å². The number of nitrogens with zero attached hydrogens (tertiary/aromatic N) is 3. The van der Waals surface area contributed by atoms with E-state index in [9.17, 15) is 4.79 Å². The third kappa shape index (κ3) is 3.29. The molecule has 168 valence electrons. The zero-order valence-electron chi connectivity index (χ0n) is 18.2. The molecule has 2 aromatic heterocycles. The summed E-state index contributed by atoms with van der Waals surface area (Å²) in [6.45, 7) is 3.20. The first-order valence-corrected chi connectivity index (χ1v) is 10.7. The molecule has 4 aromatic rings. The van der Waals surface area contributed by atoms with Gasteiger partial charge in [-0.05, 0) is 30.7 Å². The highest BCUT2D eigenvalue weighted by Crippen LogP contribution is 2.42. The lowest BCUT2D eigenvalue weighted by molar-refractivity contribution is 0.0787. The maximum Gasteiger partial charge on any atom is 0.254 e. The molecule has 3 heterocycles. The number of rotatable bonds is 5. The van der Waals surface area contributed by atoms with Crippen LogP contribution >= 0.6 is 11.6 Å². The molecule has 7 nitrogen and oxygen atoms in total. The van der Waals surface area contributed by atoms with Crippen molar-refractivity contribution in [1.82, 2.24) is 20.1 Å². The van der Waals surface area contributed by atoms with E-state index in [0.717, 1.165) is 22.1 Å². The molecule has 0 spiro atoms. The molecule has 0 unspecified atom stereocenters. The number of amides is 1. The average molecular weight is 467 g/mol. The first kappa shape index (κ1) is 21.2. The van der Waals surface area contributed by atoms with E-state index in [-0.39, 0.29) is 28.0 Å². The number of hydrogen-bond donors (Lipinski definition) is 1. The SMILES string of the molecule is CCN1Cc2cc(-c3n[nH]c4cc(-c5c(F)c(OC)cc(OC)c5Cl)ncc34)ccc2C1=O. The molecule has 0 saturated heterocycles. The lowest BCUT2D eigenvalue weighted by Gasteiger charge is -2.13. The fraction of sp³-hybridized carbons (Fsp3) is 0.208. The average Bonchev–Trinajstić information content (AvgIpc) is 3.39. The minimum absolute atomic E-state index is 0.00672. The van der Waals surface area contributed by atoms with Gasteiger partial charge in [0.2, 0.25) is 0 Å². The zero-order valence-corrected chi connectivity index (χ0v) is 19.0. The molecule has 0 aliphatic carbocycles. The van der Waals surface area contributed by atoms with Crippen molar-refractivity contribution in [3.63, 3.8) is 0 Å². The summed E-state index contributed by atoms with van der Waals surface area (Å²) in [6, 6.07) is 8.78. The van der Waals surface area contributed by atoms with E-state index in [1.165, 1.54) is 20.3 Å². The van der Waals surface area contributed by atoms with Crippen LogP contribution < -0.4 is 9.47 Å². The topological polar surface area (TPSA) is 80.3 Å². The Morgan fingerprint density at radius 2 is 1.97 bits per heavy atom. The molecule has 1 aliphatic rings. The molecule has 2 aromatic carbocycles. The maximum atomic E-state index is 15.1. The Morgan fingerprint density at radius 3 is 2.70 bits per heavy atom. The van der Waals surface area contributed by atoms with Crippen molar-refractivity contribution in [1.29, 1.82) is 0 Å². The smallest absolute Gasteiger partial charge is 0.254 e. The van der Waals surface area contributed by atoms with E-state index < -0.39 is 5.82 Å². The molecule has 0 bridgehead atoms. The summed E-state index contributed by atoms with van der Waals surface area (Å²) in [6.07, 6.45) is 1.63. The van der Waals surface area contributed by atoms with Crippen molar-refractivity contribution in [2.75, 3.05) is 20.8 Å². The minimum Gasteiger partial charge on any atom is -0.495 e. The normalized spacial score (nSPS) is 13.0. The van der Waals surface area contributed by atoms with Gasteiger partial charge in [0.1, 0.15) is 11.4 Å². The molecule has 1 amide bonds. The van der Waals surface area contributed by atoms with Gasteiger partial charge in [-0.2, -0.15) is 5.10 Å². The molecular weight excluding hydrogens is 447 g/mol. The van der Waals surface area contributed by atoms with Gasteiger partial charge in [-0.1, -0.05) is 17.7 Å². The van der Waals surface area contributed by atoms with Crippen LogP contribution in [0.15, 0.2) is 36.5 Å². The highest BCUT2D eigenvalue weighted by atomic mass is 35.5. The molecule has 5 rings (SSSR count). The lowest BCUT2D eigenvalue weighted by Crippen LogP contribution is -2.22. The summed E-state index contributed by atoms with van der Waals surface area (Å²) in [4.78, 5) is 18.6. The first-order valence-electron chi connectivity index (χ1n) is 10.3. The van der Waals surface area contributed by atoms with Crippen LogP contribution in [0.5, 0.6) is 11.5 Å². The Morgan fingerprint density at radius 1 is 1.18 bits per heavy atom. The zero-order chi connectivity index (χ0) is 23.3. The number of halogens is 2. The number of methoxy groups -OCH3 is 2. The third-order valence-electron chi connectivity index (χ3n) is 5.92. The van der Waals surface area contributed by atoms with E-state index in [2.05, 4.69) is 15.2 Å². The number of ether oxygens (including phenoxy) is 2. The number of fused-ring (bicyclic) bond motifs is 2. The number of carbonyl (C=O) groups excluding carboxylic acids is 1. The van der Waals surface area contributed by atoms with Gasteiger partial charge in [-0.3, -0.25) is 14.9 Å². The van der Waals surface area contributed by atoms with Gasteiger partial charge in [0.25, 0.3) is 5.91 Å². The number of benzene rings is 2. The Kier molecular flexibility index (Phi) is 5.17. The van der Waals surface area contributed by atoms with Gasteiger partial charge in [0.05, 0.1) is 36.0 Å². The van der Waals surface area contributed by atoms with Crippen LogP contribution in [0, 0.1) is 5.82 Å². The van der Waals surface area contributed by atoms with Gasteiger partial charge < -0.3 is 14.4 Å². The Hall–Kier alpha value is -3.65. The predicted molar refractivity (Wildman–Crippen MR) is 123 cm³/mol. The van der Waals surface area contributed by atoms with Crippen LogP contribution in [0.3, 0.4) is 0 Å². The molecule has 0 fully saturated rings. The highest BCUT2D eigenvalue weighted by Gasteiger charge is 2.27.